The molecule has 0 unspecified atom stereocenters. The van der Waals surface area contributed by atoms with Crippen molar-refractivity contribution in [3.8, 4) is 0 Å². The van der Waals surface area contributed by atoms with E-state index in [-0.39, 0.29) is 18.9 Å². The lowest BCUT2D eigenvalue weighted by atomic mass is 9.76. The standard InChI is InChI=1S/C5H9NO3/c6-3-1-5(9,2-3)4(7)8/h3,9H,1-2,6H2,(H,7,8). The van der Waals surface area contributed by atoms with Gasteiger partial charge in [0.05, 0.1) is 0 Å². The highest BCUT2D eigenvalue weighted by atomic mass is 16.4. The van der Waals surface area contributed by atoms with Gasteiger partial charge in [0.25, 0.3) is 0 Å². The van der Waals surface area contributed by atoms with Crippen LogP contribution in [0.15, 0.2) is 0 Å². The normalized spacial score (nSPS) is 41.8. The second-order valence-electron chi connectivity index (χ2n) is 2.51. The van der Waals surface area contributed by atoms with E-state index in [0.29, 0.717) is 0 Å². The summed E-state index contributed by atoms with van der Waals surface area (Å²) in [4.78, 5) is 10.1. The van der Waals surface area contributed by atoms with E-state index in [1.54, 1.807) is 0 Å². The third-order valence-electron chi connectivity index (χ3n) is 1.60. The van der Waals surface area contributed by atoms with Crippen LogP contribution in [0.1, 0.15) is 12.8 Å². The summed E-state index contributed by atoms with van der Waals surface area (Å²) in [6, 6.07) is -0.133. The Labute approximate surface area is 52.3 Å². The van der Waals surface area contributed by atoms with Crippen LogP contribution in [0.4, 0.5) is 0 Å². The molecule has 0 aliphatic heterocycles. The quantitative estimate of drug-likeness (QED) is 0.423. The van der Waals surface area contributed by atoms with Crippen molar-refractivity contribution in [2.75, 3.05) is 0 Å². The minimum atomic E-state index is -1.51. The second-order valence-corrected chi connectivity index (χ2v) is 2.51. The zero-order valence-electron chi connectivity index (χ0n) is 4.87. The molecule has 4 N–H and O–H groups in total. The van der Waals surface area contributed by atoms with Gasteiger partial charge in [-0.05, 0) is 0 Å². The van der Waals surface area contributed by atoms with Crippen LogP contribution in [0.3, 0.4) is 0 Å². The van der Waals surface area contributed by atoms with Gasteiger partial charge < -0.3 is 15.9 Å². The molecule has 4 heteroatoms. The SMILES string of the molecule is NC1CC(O)(C(=O)O)C1. The van der Waals surface area contributed by atoms with E-state index in [4.69, 9.17) is 15.9 Å². The summed E-state index contributed by atoms with van der Waals surface area (Å²) in [6.45, 7) is 0. The fraction of sp³-hybridized carbons (Fsp3) is 0.800. The van der Waals surface area contributed by atoms with E-state index in [0.717, 1.165) is 0 Å². The lowest BCUT2D eigenvalue weighted by Crippen LogP contribution is -2.56. The summed E-state index contributed by atoms with van der Waals surface area (Å²) >= 11 is 0. The first kappa shape index (κ1) is 6.51. The summed E-state index contributed by atoms with van der Waals surface area (Å²) < 4.78 is 0. The molecule has 0 amide bonds. The molecule has 0 heterocycles. The van der Waals surface area contributed by atoms with Crippen LogP contribution in [-0.4, -0.2) is 27.8 Å². The molecule has 0 saturated heterocycles. The number of aliphatic hydroxyl groups is 1. The maximum Gasteiger partial charge on any atom is 0.335 e. The van der Waals surface area contributed by atoms with E-state index in [9.17, 15) is 4.79 Å². The third kappa shape index (κ3) is 0.906. The van der Waals surface area contributed by atoms with E-state index < -0.39 is 11.6 Å². The molecule has 9 heavy (non-hydrogen) atoms. The van der Waals surface area contributed by atoms with Crippen LogP contribution in [0.2, 0.25) is 0 Å². The first-order valence-electron chi connectivity index (χ1n) is 2.76. The van der Waals surface area contributed by atoms with Crippen LogP contribution in [-0.2, 0) is 4.79 Å². The molecule has 0 bridgehead atoms. The molecule has 0 atom stereocenters. The molecular formula is C5H9NO3. The van der Waals surface area contributed by atoms with Crippen molar-refractivity contribution in [2.45, 2.75) is 24.5 Å². The van der Waals surface area contributed by atoms with Crippen LogP contribution < -0.4 is 5.73 Å². The van der Waals surface area contributed by atoms with Gasteiger partial charge in [-0.15, -0.1) is 0 Å². The number of rotatable bonds is 1. The molecular weight excluding hydrogens is 122 g/mol. The monoisotopic (exact) mass is 131 g/mol. The van der Waals surface area contributed by atoms with Crippen molar-refractivity contribution >= 4 is 5.97 Å². The van der Waals surface area contributed by atoms with Crippen LogP contribution in [0.5, 0.6) is 0 Å². The minimum Gasteiger partial charge on any atom is -0.479 e. The Morgan fingerprint density at radius 2 is 2.11 bits per heavy atom. The van der Waals surface area contributed by atoms with Gasteiger partial charge in [-0.3, -0.25) is 0 Å². The third-order valence-corrected chi connectivity index (χ3v) is 1.60. The highest BCUT2D eigenvalue weighted by Crippen LogP contribution is 2.30. The average molecular weight is 131 g/mol. The van der Waals surface area contributed by atoms with Crippen LogP contribution >= 0.6 is 0 Å². The smallest absolute Gasteiger partial charge is 0.335 e. The molecule has 1 fully saturated rings. The maximum atomic E-state index is 10.1. The summed E-state index contributed by atoms with van der Waals surface area (Å²) in [6.07, 6.45) is 0.366. The average Bonchev–Trinajstić information content (AvgIpc) is 1.62. The molecule has 1 aliphatic carbocycles. The minimum absolute atomic E-state index is 0.133. The fourth-order valence-corrected chi connectivity index (χ4v) is 0.982. The Hall–Kier alpha value is -0.610. The van der Waals surface area contributed by atoms with Crippen molar-refractivity contribution < 1.29 is 15.0 Å². The second kappa shape index (κ2) is 1.68. The topological polar surface area (TPSA) is 83.5 Å². The molecule has 0 aromatic carbocycles. The highest BCUT2D eigenvalue weighted by Gasteiger charge is 2.47. The lowest BCUT2D eigenvalue weighted by molar-refractivity contribution is -0.169. The Morgan fingerprint density at radius 3 is 2.22 bits per heavy atom. The Kier molecular flexibility index (Phi) is 1.22. The number of hydrogen-bond acceptors (Lipinski definition) is 3. The summed E-state index contributed by atoms with van der Waals surface area (Å²) in [7, 11) is 0. The van der Waals surface area contributed by atoms with Crippen LogP contribution in [0.25, 0.3) is 0 Å². The Balaban J connectivity index is 2.50. The zero-order valence-corrected chi connectivity index (χ0v) is 4.87. The van der Waals surface area contributed by atoms with Crippen molar-refractivity contribution in [1.82, 2.24) is 0 Å². The van der Waals surface area contributed by atoms with Gasteiger partial charge >= 0.3 is 5.97 Å². The van der Waals surface area contributed by atoms with Crippen molar-refractivity contribution in [3.63, 3.8) is 0 Å². The molecule has 52 valence electrons. The first-order chi connectivity index (χ1) is 4.04. The number of carboxylic acid groups (broad SMARTS) is 1. The summed E-state index contributed by atoms with van der Waals surface area (Å²) in [5, 5.41) is 17.3. The van der Waals surface area contributed by atoms with Crippen molar-refractivity contribution in [1.29, 1.82) is 0 Å². The Bertz CT molecular complexity index is 139. The molecule has 1 rings (SSSR count). The molecule has 0 spiro atoms. The van der Waals surface area contributed by atoms with E-state index in [1.807, 2.05) is 0 Å². The van der Waals surface area contributed by atoms with Gasteiger partial charge in [0.15, 0.2) is 5.60 Å². The molecule has 1 saturated carbocycles. The lowest BCUT2D eigenvalue weighted by Gasteiger charge is -2.37. The molecule has 4 nitrogen and oxygen atoms in total. The predicted molar refractivity (Wildman–Crippen MR) is 29.8 cm³/mol. The van der Waals surface area contributed by atoms with Gasteiger partial charge in [0.2, 0.25) is 0 Å². The van der Waals surface area contributed by atoms with E-state index in [1.165, 1.54) is 0 Å². The van der Waals surface area contributed by atoms with Crippen LogP contribution in [0, 0.1) is 0 Å². The molecule has 0 aromatic heterocycles. The molecule has 0 radical (unpaired) electrons. The largest absolute Gasteiger partial charge is 0.479 e. The van der Waals surface area contributed by atoms with Crippen molar-refractivity contribution in [3.05, 3.63) is 0 Å². The van der Waals surface area contributed by atoms with Gasteiger partial charge in [0, 0.05) is 18.9 Å². The number of aliphatic carboxylic acids is 1. The highest BCUT2D eigenvalue weighted by molar-refractivity contribution is 5.78. The maximum absolute atomic E-state index is 10.1. The summed E-state index contributed by atoms with van der Waals surface area (Å²) in [5.74, 6) is -1.16. The number of carbonyl (C=O) groups is 1. The van der Waals surface area contributed by atoms with E-state index in [2.05, 4.69) is 0 Å². The van der Waals surface area contributed by atoms with Gasteiger partial charge in [-0.2, -0.15) is 0 Å². The first-order valence-corrected chi connectivity index (χ1v) is 2.76. The van der Waals surface area contributed by atoms with Gasteiger partial charge in [-0.1, -0.05) is 0 Å². The summed E-state index contributed by atoms with van der Waals surface area (Å²) in [5.41, 5.74) is 3.75. The van der Waals surface area contributed by atoms with Gasteiger partial charge in [-0.25, -0.2) is 4.79 Å². The number of hydrogen-bond donors (Lipinski definition) is 3. The zero-order chi connectivity index (χ0) is 7.07. The number of carboxylic acids is 1. The molecule has 1 aliphatic rings. The van der Waals surface area contributed by atoms with Crippen molar-refractivity contribution in [2.24, 2.45) is 5.73 Å². The predicted octanol–water partition coefficient (Wildman–Crippen LogP) is -1.08. The fourth-order valence-electron chi connectivity index (χ4n) is 0.982. The van der Waals surface area contributed by atoms with Gasteiger partial charge in [0.1, 0.15) is 0 Å². The van der Waals surface area contributed by atoms with E-state index >= 15 is 0 Å². The Morgan fingerprint density at radius 1 is 1.67 bits per heavy atom. The molecule has 0 aromatic rings. The number of nitrogens with two attached hydrogens (primary N) is 1.